The Morgan fingerprint density at radius 2 is 1.69 bits per heavy atom. The van der Waals surface area contributed by atoms with Gasteiger partial charge in [0.2, 0.25) is 0 Å². The van der Waals surface area contributed by atoms with E-state index in [1.165, 1.54) is 12.1 Å². The Morgan fingerprint density at radius 1 is 1.03 bits per heavy atom. The predicted molar refractivity (Wildman–Crippen MR) is 124 cm³/mol. The average molecular weight is 478 g/mol. The molecule has 2 aromatic rings. The number of sulfonamides is 1. The average Bonchev–Trinajstić information content (AvgIpc) is 2.75. The van der Waals surface area contributed by atoms with E-state index in [1.807, 2.05) is 6.92 Å². The molecular weight excluding hydrogens is 450 g/mol. The standard InChI is InChI=1S/C23H28ClN3O4S/c1-15-3-8-19(9-4-15)26-23(29)27-32(30,31)20-10-5-17(6-11-20)14-25-22(28)18-7-12-21(24)16(2)13-18/h5-7,10-13,15,19H,3-4,8-9,14H2,1-2H3,(H,25,28)(H2,26,27,29). The van der Waals surface area contributed by atoms with E-state index in [2.05, 4.69) is 22.3 Å². The molecule has 3 N–H and O–H groups in total. The number of aryl methyl sites for hydroxylation is 1. The normalized spacial score (nSPS) is 18.6. The maximum atomic E-state index is 12.5. The first-order valence-electron chi connectivity index (χ1n) is 10.6. The van der Waals surface area contributed by atoms with Crippen LogP contribution in [-0.4, -0.2) is 26.4 Å². The van der Waals surface area contributed by atoms with E-state index in [4.69, 9.17) is 11.6 Å². The van der Waals surface area contributed by atoms with Crippen LogP contribution < -0.4 is 15.4 Å². The van der Waals surface area contributed by atoms with E-state index in [0.29, 0.717) is 16.5 Å². The van der Waals surface area contributed by atoms with Gasteiger partial charge in [-0.15, -0.1) is 0 Å². The monoisotopic (exact) mass is 477 g/mol. The van der Waals surface area contributed by atoms with Crippen molar-refractivity contribution in [1.29, 1.82) is 0 Å². The molecule has 1 aliphatic rings. The fourth-order valence-electron chi connectivity index (χ4n) is 3.66. The number of carbonyl (C=O) groups excluding carboxylic acids is 2. The van der Waals surface area contributed by atoms with Crippen molar-refractivity contribution in [2.75, 3.05) is 0 Å². The highest BCUT2D eigenvalue weighted by molar-refractivity contribution is 7.90. The molecule has 0 unspecified atom stereocenters. The number of nitrogens with one attached hydrogen (secondary N) is 3. The van der Waals surface area contributed by atoms with Crippen LogP contribution >= 0.6 is 11.6 Å². The van der Waals surface area contributed by atoms with Crippen LogP contribution in [0.25, 0.3) is 0 Å². The molecule has 1 aliphatic carbocycles. The third-order valence-electron chi connectivity index (χ3n) is 5.68. The molecule has 0 spiro atoms. The van der Waals surface area contributed by atoms with Crippen LogP contribution in [0.3, 0.4) is 0 Å². The van der Waals surface area contributed by atoms with Gasteiger partial charge in [-0.05, 0) is 80.0 Å². The molecule has 0 radical (unpaired) electrons. The van der Waals surface area contributed by atoms with E-state index in [1.54, 1.807) is 30.3 Å². The number of halogens is 1. The van der Waals surface area contributed by atoms with Crippen LogP contribution in [0.5, 0.6) is 0 Å². The Hall–Kier alpha value is -2.58. The zero-order valence-electron chi connectivity index (χ0n) is 18.2. The molecule has 0 aromatic heterocycles. The van der Waals surface area contributed by atoms with Gasteiger partial charge in [0.1, 0.15) is 0 Å². The van der Waals surface area contributed by atoms with E-state index < -0.39 is 16.1 Å². The Kier molecular flexibility index (Phi) is 7.79. The minimum absolute atomic E-state index is 0.00295. The summed E-state index contributed by atoms with van der Waals surface area (Å²) in [7, 11) is -3.98. The molecular formula is C23H28ClN3O4S. The van der Waals surface area contributed by atoms with Crippen molar-refractivity contribution in [1.82, 2.24) is 15.4 Å². The third kappa shape index (κ3) is 6.46. The van der Waals surface area contributed by atoms with Gasteiger partial charge < -0.3 is 10.6 Å². The zero-order chi connectivity index (χ0) is 23.3. The van der Waals surface area contributed by atoms with Crippen LogP contribution in [0.1, 0.15) is 54.1 Å². The van der Waals surface area contributed by atoms with Crippen molar-refractivity contribution in [3.8, 4) is 0 Å². The summed E-state index contributed by atoms with van der Waals surface area (Å²) in [5.74, 6) is 0.385. The molecule has 3 amide bonds. The number of carbonyl (C=O) groups is 2. The van der Waals surface area contributed by atoms with Crippen molar-refractivity contribution in [3.63, 3.8) is 0 Å². The second-order valence-electron chi connectivity index (χ2n) is 8.33. The van der Waals surface area contributed by atoms with Gasteiger partial charge >= 0.3 is 6.03 Å². The van der Waals surface area contributed by atoms with Gasteiger partial charge in [-0.3, -0.25) is 4.79 Å². The van der Waals surface area contributed by atoms with Gasteiger partial charge in [-0.25, -0.2) is 17.9 Å². The van der Waals surface area contributed by atoms with Crippen LogP contribution in [0.2, 0.25) is 5.02 Å². The quantitative estimate of drug-likeness (QED) is 0.581. The predicted octanol–water partition coefficient (Wildman–Crippen LogP) is 4.15. The molecule has 9 heteroatoms. The summed E-state index contributed by atoms with van der Waals surface area (Å²) < 4.78 is 27.1. The molecule has 7 nitrogen and oxygen atoms in total. The minimum Gasteiger partial charge on any atom is -0.348 e. The molecule has 1 fully saturated rings. The van der Waals surface area contributed by atoms with Crippen LogP contribution in [0.4, 0.5) is 4.79 Å². The summed E-state index contributed by atoms with van der Waals surface area (Å²) in [5, 5.41) is 6.13. The van der Waals surface area contributed by atoms with Crippen LogP contribution in [0, 0.1) is 12.8 Å². The number of rotatable bonds is 6. The molecule has 172 valence electrons. The first-order valence-corrected chi connectivity index (χ1v) is 12.5. The Bertz CT molecular complexity index is 1080. The maximum Gasteiger partial charge on any atom is 0.328 e. The molecule has 0 aliphatic heterocycles. The van der Waals surface area contributed by atoms with Crippen molar-refractivity contribution in [3.05, 3.63) is 64.2 Å². The first kappa shape index (κ1) is 24.1. The van der Waals surface area contributed by atoms with Crippen molar-refractivity contribution >= 4 is 33.6 Å². The topological polar surface area (TPSA) is 104 Å². The lowest BCUT2D eigenvalue weighted by atomic mass is 9.87. The first-order chi connectivity index (χ1) is 15.1. The number of benzene rings is 2. The zero-order valence-corrected chi connectivity index (χ0v) is 19.7. The third-order valence-corrected chi connectivity index (χ3v) is 7.46. The summed E-state index contributed by atoms with van der Waals surface area (Å²) in [6.45, 7) is 4.23. The lowest BCUT2D eigenvalue weighted by Gasteiger charge is -2.26. The Labute approximate surface area is 194 Å². The summed E-state index contributed by atoms with van der Waals surface area (Å²) >= 11 is 5.98. The van der Waals surface area contributed by atoms with Gasteiger partial charge in [0.15, 0.2) is 0 Å². The summed E-state index contributed by atoms with van der Waals surface area (Å²) in [4.78, 5) is 24.4. The summed E-state index contributed by atoms with van der Waals surface area (Å²) in [5.41, 5.74) is 2.03. The van der Waals surface area contributed by atoms with Gasteiger partial charge in [-0.1, -0.05) is 30.7 Å². The lowest BCUT2D eigenvalue weighted by molar-refractivity contribution is 0.0950. The van der Waals surface area contributed by atoms with E-state index in [0.717, 1.165) is 36.8 Å². The van der Waals surface area contributed by atoms with E-state index in [9.17, 15) is 18.0 Å². The Balaban J connectivity index is 1.53. The smallest absolute Gasteiger partial charge is 0.328 e. The molecule has 3 rings (SSSR count). The molecule has 0 bridgehead atoms. The van der Waals surface area contributed by atoms with E-state index in [-0.39, 0.29) is 23.4 Å². The molecule has 32 heavy (non-hydrogen) atoms. The van der Waals surface area contributed by atoms with Gasteiger partial charge in [0.25, 0.3) is 15.9 Å². The maximum absolute atomic E-state index is 12.5. The Morgan fingerprint density at radius 3 is 2.31 bits per heavy atom. The molecule has 1 saturated carbocycles. The second-order valence-corrected chi connectivity index (χ2v) is 10.4. The molecule has 0 saturated heterocycles. The van der Waals surface area contributed by atoms with Gasteiger partial charge in [0.05, 0.1) is 4.90 Å². The fraction of sp³-hybridized carbons (Fsp3) is 0.391. The second kappa shape index (κ2) is 10.4. The van der Waals surface area contributed by atoms with Crippen molar-refractivity contribution in [2.24, 2.45) is 5.92 Å². The minimum atomic E-state index is -3.98. The molecule has 0 atom stereocenters. The van der Waals surface area contributed by atoms with Gasteiger partial charge in [-0.2, -0.15) is 0 Å². The van der Waals surface area contributed by atoms with E-state index >= 15 is 0 Å². The SMILES string of the molecule is Cc1cc(C(=O)NCc2ccc(S(=O)(=O)NC(=O)NC3CCC(C)CC3)cc2)ccc1Cl. The highest BCUT2D eigenvalue weighted by Crippen LogP contribution is 2.23. The number of hydrogen-bond donors (Lipinski definition) is 3. The molecule has 0 heterocycles. The lowest BCUT2D eigenvalue weighted by Crippen LogP contribution is -2.45. The highest BCUT2D eigenvalue weighted by Gasteiger charge is 2.23. The van der Waals surface area contributed by atoms with Crippen molar-refractivity contribution in [2.45, 2.75) is 57.0 Å². The fourth-order valence-corrected chi connectivity index (χ4v) is 4.69. The van der Waals surface area contributed by atoms with Gasteiger partial charge in [0, 0.05) is 23.2 Å². The highest BCUT2D eigenvalue weighted by atomic mass is 35.5. The van der Waals surface area contributed by atoms with Crippen LogP contribution in [0.15, 0.2) is 47.4 Å². The summed E-state index contributed by atoms with van der Waals surface area (Å²) in [6.07, 6.45) is 3.75. The molecule has 2 aromatic carbocycles. The van der Waals surface area contributed by atoms with Crippen molar-refractivity contribution < 1.29 is 18.0 Å². The summed E-state index contributed by atoms with van der Waals surface area (Å²) in [6, 6.07) is 10.3. The largest absolute Gasteiger partial charge is 0.348 e. The van der Waals surface area contributed by atoms with Crippen LogP contribution in [-0.2, 0) is 16.6 Å². The number of hydrogen-bond acceptors (Lipinski definition) is 4. The number of urea groups is 1. The number of amides is 3.